The van der Waals surface area contributed by atoms with Crippen LogP contribution in [0, 0.1) is 0 Å². The first-order valence-corrected chi connectivity index (χ1v) is 4.88. The largest absolute Gasteiger partial charge is 0.328 e. The van der Waals surface area contributed by atoms with E-state index in [1.807, 2.05) is 6.92 Å². The zero-order valence-electron chi connectivity index (χ0n) is 7.77. The van der Waals surface area contributed by atoms with Gasteiger partial charge in [0.2, 0.25) is 11.0 Å². The van der Waals surface area contributed by atoms with Crippen LogP contribution in [0.4, 0.5) is 5.13 Å². The van der Waals surface area contributed by atoms with Crippen LogP contribution in [0.25, 0.3) is 0 Å². The Labute approximate surface area is 92.5 Å². The third-order valence-corrected chi connectivity index (χ3v) is 2.04. The maximum atomic E-state index is 11.2. The first-order chi connectivity index (χ1) is 6.18. The van der Waals surface area contributed by atoms with Gasteiger partial charge in [-0.05, 0) is 13.3 Å². The molecule has 1 aromatic rings. The molecule has 5 nitrogen and oxygen atoms in total. The van der Waals surface area contributed by atoms with E-state index in [-0.39, 0.29) is 24.4 Å². The number of carbonyl (C=O) groups excluding carboxylic acids is 1. The van der Waals surface area contributed by atoms with Crippen LogP contribution in [0.2, 0.25) is 0 Å². The van der Waals surface area contributed by atoms with Gasteiger partial charge in [-0.2, -0.15) is 0 Å². The van der Waals surface area contributed by atoms with Gasteiger partial charge < -0.3 is 11.1 Å². The van der Waals surface area contributed by atoms with Crippen LogP contribution in [-0.4, -0.2) is 22.1 Å². The van der Waals surface area contributed by atoms with Crippen LogP contribution < -0.4 is 11.1 Å². The smallest absolute Gasteiger partial charge is 0.226 e. The molecule has 7 heteroatoms. The number of nitrogens with zero attached hydrogens (tertiary/aromatic N) is 2. The number of nitrogens with one attached hydrogen (secondary N) is 1. The van der Waals surface area contributed by atoms with E-state index in [9.17, 15) is 4.79 Å². The summed E-state index contributed by atoms with van der Waals surface area (Å²) in [6, 6.07) is 0.0557. The first kappa shape index (κ1) is 13.3. The second-order valence-electron chi connectivity index (χ2n) is 2.81. The van der Waals surface area contributed by atoms with Crippen molar-refractivity contribution in [3.8, 4) is 0 Å². The lowest BCUT2D eigenvalue weighted by molar-refractivity contribution is -0.116. The van der Waals surface area contributed by atoms with Crippen molar-refractivity contribution in [2.24, 2.45) is 5.73 Å². The van der Waals surface area contributed by atoms with Crippen LogP contribution in [0.5, 0.6) is 0 Å². The summed E-state index contributed by atoms with van der Waals surface area (Å²) in [6.07, 6.45) is 1.11. The molecule has 0 spiro atoms. The van der Waals surface area contributed by atoms with Gasteiger partial charge in [-0.1, -0.05) is 11.3 Å². The van der Waals surface area contributed by atoms with Crippen LogP contribution in [0.1, 0.15) is 19.8 Å². The molecular weight excluding hydrogens is 224 g/mol. The average molecular weight is 237 g/mol. The second-order valence-corrected chi connectivity index (χ2v) is 3.64. The molecule has 0 saturated carbocycles. The normalized spacial score (nSPS) is 11.6. The molecular formula is C7H13ClN4OS. The predicted octanol–water partition coefficient (Wildman–Crippen LogP) is 1.03. The predicted molar refractivity (Wildman–Crippen MR) is 58.7 cm³/mol. The average Bonchev–Trinajstić information content (AvgIpc) is 2.53. The Balaban J connectivity index is 0.00000169. The number of amides is 1. The van der Waals surface area contributed by atoms with Crippen molar-refractivity contribution in [3.05, 3.63) is 5.51 Å². The lowest BCUT2D eigenvalue weighted by Crippen LogP contribution is -2.19. The molecule has 0 radical (unpaired) electrons. The molecule has 0 aliphatic rings. The van der Waals surface area contributed by atoms with Crippen molar-refractivity contribution >= 4 is 34.8 Å². The fraction of sp³-hybridized carbons (Fsp3) is 0.571. The molecule has 14 heavy (non-hydrogen) atoms. The Morgan fingerprint density at radius 3 is 3.00 bits per heavy atom. The van der Waals surface area contributed by atoms with E-state index in [4.69, 9.17) is 5.73 Å². The number of aromatic nitrogens is 2. The molecule has 1 rings (SSSR count). The fourth-order valence-electron chi connectivity index (χ4n) is 0.768. The lowest BCUT2D eigenvalue weighted by Gasteiger charge is -2.03. The monoisotopic (exact) mass is 236 g/mol. The van der Waals surface area contributed by atoms with Gasteiger partial charge in [-0.15, -0.1) is 22.6 Å². The molecule has 0 bridgehead atoms. The standard InChI is InChI=1S/C7H12N4OS.ClH/c1-5(8)2-3-6(12)10-7-11-9-4-13-7;/h4-5H,2-3,8H2,1H3,(H,10,11,12);1H. The number of halogens is 1. The van der Waals surface area contributed by atoms with Crippen molar-refractivity contribution < 1.29 is 4.79 Å². The first-order valence-electron chi connectivity index (χ1n) is 4.00. The molecule has 1 amide bonds. The molecule has 1 aromatic heterocycles. The van der Waals surface area contributed by atoms with E-state index < -0.39 is 0 Å². The highest BCUT2D eigenvalue weighted by molar-refractivity contribution is 7.13. The minimum atomic E-state index is -0.0611. The third-order valence-electron chi connectivity index (χ3n) is 1.43. The minimum absolute atomic E-state index is 0. The number of carbonyl (C=O) groups is 1. The molecule has 0 aromatic carbocycles. The van der Waals surface area contributed by atoms with Gasteiger partial charge >= 0.3 is 0 Å². The summed E-state index contributed by atoms with van der Waals surface area (Å²) in [6.45, 7) is 1.87. The minimum Gasteiger partial charge on any atom is -0.328 e. The number of nitrogens with two attached hydrogens (primary N) is 1. The molecule has 1 heterocycles. The summed E-state index contributed by atoms with van der Waals surface area (Å²) < 4.78 is 0. The second kappa shape index (κ2) is 6.69. The van der Waals surface area contributed by atoms with E-state index in [1.54, 1.807) is 5.51 Å². The summed E-state index contributed by atoms with van der Waals surface area (Å²) in [7, 11) is 0. The van der Waals surface area contributed by atoms with E-state index in [2.05, 4.69) is 15.5 Å². The van der Waals surface area contributed by atoms with Crippen molar-refractivity contribution in [1.82, 2.24) is 10.2 Å². The summed E-state index contributed by atoms with van der Waals surface area (Å²) in [5.41, 5.74) is 7.08. The highest BCUT2D eigenvalue weighted by atomic mass is 35.5. The van der Waals surface area contributed by atoms with E-state index in [0.717, 1.165) is 0 Å². The maximum absolute atomic E-state index is 11.2. The van der Waals surface area contributed by atoms with Gasteiger partial charge in [0.1, 0.15) is 5.51 Å². The Kier molecular flexibility index (Phi) is 6.35. The van der Waals surface area contributed by atoms with Gasteiger partial charge in [0.15, 0.2) is 0 Å². The molecule has 1 unspecified atom stereocenters. The molecule has 0 fully saturated rings. The molecule has 1 atom stereocenters. The van der Waals surface area contributed by atoms with Crippen LogP contribution in [0.15, 0.2) is 5.51 Å². The van der Waals surface area contributed by atoms with Gasteiger partial charge in [0, 0.05) is 12.5 Å². The van der Waals surface area contributed by atoms with Crippen LogP contribution in [0.3, 0.4) is 0 Å². The van der Waals surface area contributed by atoms with Gasteiger partial charge in [0.25, 0.3) is 0 Å². The molecule has 80 valence electrons. The molecule has 0 aliphatic heterocycles. The number of hydrogen-bond acceptors (Lipinski definition) is 5. The van der Waals surface area contributed by atoms with Crippen molar-refractivity contribution in [2.45, 2.75) is 25.8 Å². The zero-order valence-corrected chi connectivity index (χ0v) is 9.40. The Morgan fingerprint density at radius 2 is 2.50 bits per heavy atom. The van der Waals surface area contributed by atoms with Crippen molar-refractivity contribution in [2.75, 3.05) is 5.32 Å². The van der Waals surface area contributed by atoms with E-state index in [1.165, 1.54) is 11.3 Å². The quantitative estimate of drug-likeness (QED) is 0.818. The fourth-order valence-corrected chi connectivity index (χ4v) is 1.23. The Morgan fingerprint density at radius 1 is 1.79 bits per heavy atom. The van der Waals surface area contributed by atoms with E-state index in [0.29, 0.717) is 18.0 Å². The number of rotatable bonds is 4. The van der Waals surface area contributed by atoms with E-state index >= 15 is 0 Å². The van der Waals surface area contributed by atoms with Gasteiger partial charge in [-0.3, -0.25) is 4.79 Å². The topological polar surface area (TPSA) is 80.9 Å². The summed E-state index contributed by atoms with van der Waals surface area (Å²) >= 11 is 1.30. The van der Waals surface area contributed by atoms with Gasteiger partial charge in [0.05, 0.1) is 0 Å². The lowest BCUT2D eigenvalue weighted by atomic mass is 10.2. The van der Waals surface area contributed by atoms with Crippen molar-refractivity contribution in [1.29, 1.82) is 0 Å². The summed E-state index contributed by atoms with van der Waals surface area (Å²) in [5, 5.41) is 10.5. The summed E-state index contributed by atoms with van der Waals surface area (Å²) in [4.78, 5) is 11.2. The highest BCUT2D eigenvalue weighted by Crippen LogP contribution is 2.08. The Bertz CT molecular complexity index is 265. The molecule has 0 saturated heterocycles. The molecule has 3 N–H and O–H groups in total. The van der Waals surface area contributed by atoms with Crippen LogP contribution >= 0.6 is 23.7 Å². The molecule has 0 aliphatic carbocycles. The Hall–Kier alpha value is -0.720. The third kappa shape index (κ3) is 5.11. The zero-order chi connectivity index (χ0) is 9.68. The number of anilines is 1. The SMILES string of the molecule is CC(N)CCC(=O)Nc1nncs1.Cl. The highest BCUT2D eigenvalue weighted by Gasteiger charge is 2.05. The summed E-state index contributed by atoms with van der Waals surface area (Å²) in [5.74, 6) is -0.0611. The number of hydrogen-bond donors (Lipinski definition) is 2. The van der Waals surface area contributed by atoms with Crippen LogP contribution in [-0.2, 0) is 4.79 Å². The maximum Gasteiger partial charge on any atom is 0.226 e. The van der Waals surface area contributed by atoms with Gasteiger partial charge in [-0.25, -0.2) is 0 Å². The van der Waals surface area contributed by atoms with Crippen molar-refractivity contribution in [3.63, 3.8) is 0 Å².